The summed E-state index contributed by atoms with van der Waals surface area (Å²) in [6.45, 7) is 4.74. The Hall–Kier alpha value is -2.33. The number of anilines is 1. The first-order valence-corrected chi connectivity index (χ1v) is 11.5. The number of benzene rings is 2. The summed E-state index contributed by atoms with van der Waals surface area (Å²) in [6.07, 6.45) is -3.14. The number of rotatable bonds is 5. The van der Waals surface area contributed by atoms with Gasteiger partial charge in [-0.1, -0.05) is 41.9 Å². The van der Waals surface area contributed by atoms with Crippen molar-refractivity contribution in [2.24, 2.45) is 0 Å². The third-order valence-electron chi connectivity index (χ3n) is 6.01. The number of hydrogen-bond acceptors (Lipinski definition) is 5. The van der Waals surface area contributed by atoms with Crippen LogP contribution in [0.2, 0.25) is 5.02 Å². The molecule has 4 rings (SSSR count). The van der Waals surface area contributed by atoms with Crippen molar-refractivity contribution in [3.8, 4) is 0 Å². The Labute approximate surface area is 201 Å². The Balaban J connectivity index is 0.000000406. The highest BCUT2D eigenvalue weighted by molar-refractivity contribution is 6.30. The quantitative estimate of drug-likeness (QED) is 0.581. The van der Waals surface area contributed by atoms with Crippen LogP contribution in [0.5, 0.6) is 0 Å². The van der Waals surface area contributed by atoms with E-state index in [1.807, 2.05) is 18.2 Å². The van der Waals surface area contributed by atoms with Gasteiger partial charge in [0.25, 0.3) is 0 Å². The predicted octanol–water partition coefficient (Wildman–Crippen LogP) is 3.78. The molecule has 2 saturated heterocycles. The number of alkyl halides is 3. The third kappa shape index (κ3) is 7.87. The third-order valence-corrected chi connectivity index (χ3v) is 6.26. The monoisotopic (exact) mass is 499 g/mol. The minimum absolute atomic E-state index is 0.151. The lowest BCUT2D eigenvalue weighted by Gasteiger charge is -2.34. The fourth-order valence-electron chi connectivity index (χ4n) is 4.21. The minimum atomic E-state index is -5.08. The number of hydrogen-bond donors (Lipinski definition) is 3. The fourth-order valence-corrected chi connectivity index (χ4v) is 4.33. The number of likely N-dealkylation sites (tertiary alicyclic amines) is 1. The molecular weight excluding hydrogens is 471 g/mol. The topological polar surface area (TPSA) is 76.0 Å². The van der Waals surface area contributed by atoms with Crippen LogP contribution in [0.15, 0.2) is 54.6 Å². The van der Waals surface area contributed by atoms with Gasteiger partial charge >= 0.3 is 12.1 Å². The van der Waals surface area contributed by atoms with Crippen LogP contribution in [-0.2, 0) is 11.3 Å². The van der Waals surface area contributed by atoms with Gasteiger partial charge in [-0.3, -0.25) is 4.90 Å². The second-order valence-electron chi connectivity index (χ2n) is 8.56. The maximum Gasteiger partial charge on any atom is 0.490 e. The molecule has 2 aliphatic heterocycles. The summed E-state index contributed by atoms with van der Waals surface area (Å²) in [5.74, 6) is -2.76. The molecular formula is C24H29ClF3N3O3. The van der Waals surface area contributed by atoms with Crippen LogP contribution in [0.25, 0.3) is 0 Å². The molecule has 0 unspecified atom stereocenters. The van der Waals surface area contributed by atoms with E-state index in [4.69, 9.17) is 21.5 Å². The summed E-state index contributed by atoms with van der Waals surface area (Å²) in [6, 6.07) is 19.2. The largest absolute Gasteiger partial charge is 0.490 e. The summed E-state index contributed by atoms with van der Waals surface area (Å²) in [7, 11) is 0. The summed E-state index contributed by atoms with van der Waals surface area (Å²) < 4.78 is 31.7. The van der Waals surface area contributed by atoms with Crippen LogP contribution in [-0.4, -0.2) is 71.6 Å². The first-order valence-electron chi connectivity index (χ1n) is 11.1. The molecule has 0 bridgehead atoms. The molecule has 0 aromatic heterocycles. The first kappa shape index (κ1) is 26.3. The number of halogens is 4. The number of carboxylic acids is 1. The Morgan fingerprint density at radius 1 is 1.03 bits per heavy atom. The Kier molecular flexibility index (Phi) is 9.18. The Bertz CT molecular complexity index is 907. The zero-order valence-corrected chi connectivity index (χ0v) is 19.3. The molecule has 2 heterocycles. The van der Waals surface area contributed by atoms with Crippen molar-refractivity contribution in [2.45, 2.75) is 43.8 Å². The van der Waals surface area contributed by atoms with Crippen LogP contribution in [0, 0.1) is 0 Å². The summed E-state index contributed by atoms with van der Waals surface area (Å²) in [4.78, 5) is 13.7. The van der Waals surface area contributed by atoms with Gasteiger partial charge in [-0.2, -0.15) is 13.2 Å². The second-order valence-corrected chi connectivity index (χ2v) is 9.00. The normalized spacial score (nSPS) is 21.7. The lowest BCUT2D eigenvalue weighted by atomic mass is 10.0. The predicted molar refractivity (Wildman–Crippen MR) is 125 cm³/mol. The number of aliphatic carboxylic acids is 1. The van der Waals surface area contributed by atoms with Crippen molar-refractivity contribution in [1.29, 1.82) is 0 Å². The van der Waals surface area contributed by atoms with Crippen molar-refractivity contribution in [3.63, 3.8) is 0 Å². The van der Waals surface area contributed by atoms with Crippen LogP contribution < -0.4 is 10.2 Å². The number of piperidine rings is 1. The molecule has 186 valence electrons. The molecule has 6 nitrogen and oxygen atoms in total. The molecule has 0 aliphatic carbocycles. The maximum absolute atomic E-state index is 10.6. The van der Waals surface area contributed by atoms with Crippen molar-refractivity contribution < 1.29 is 28.2 Å². The Morgan fingerprint density at radius 3 is 2.18 bits per heavy atom. The SMILES string of the molecule is O=C(O)C(F)(F)F.O[C@@H]1CN(c2ccccc2)C[C@H]1NC1CCN(Cc2ccc(Cl)cc2)CC1. The zero-order valence-electron chi connectivity index (χ0n) is 18.6. The van der Waals surface area contributed by atoms with E-state index in [-0.39, 0.29) is 12.1 Å². The van der Waals surface area contributed by atoms with Crippen molar-refractivity contribution in [2.75, 3.05) is 31.1 Å². The van der Waals surface area contributed by atoms with E-state index in [1.54, 1.807) is 0 Å². The number of nitrogens with one attached hydrogen (secondary N) is 1. The van der Waals surface area contributed by atoms with Crippen molar-refractivity contribution in [3.05, 3.63) is 65.2 Å². The maximum atomic E-state index is 10.6. The molecule has 2 aromatic rings. The minimum Gasteiger partial charge on any atom is -0.475 e. The molecule has 3 N–H and O–H groups in total. The number of para-hydroxylation sites is 1. The van der Waals surface area contributed by atoms with Crippen LogP contribution in [0.4, 0.5) is 18.9 Å². The standard InChI is InChI=1S/C22H28ClN3O.C2HF3O2/c23-18-8-6-17(7-9-18)14-25-12-10-19(11-13-25)24-21-15-26(16-22(21)27)20-4-2-1-3-5-20;3-2(4,5)1(6)7/h1-9,19,21-22,24,27H,10-16H2;(H,6,7)/t21-,22-;/m1./s1. The molecule has 0 amide bonds. The van der Waals surface area contributed by atoms with Crippen LogP contribution >= 0.6 is 11.6 Å². The summed E-state index contributed by atoms with van der Waals surface area (Å²) in [5.41, 5.74) is 2.51. The summed E-state index contributed by atoms with van der Waals surface area (Å²) >= 11 is 5.97. The molecule has 0 radical (unpaired) electrons. The van der Waals surface area contributed by atoms with Crippen molar-refractivity contribution in [1.82, 2.24) is 10.2 Å². The van der Waals surface area contributed by atoms with Gasteiger partial charge in [-0.05, 0) is 55.8 Å². The lowest BCUT2D eigenvalue weighted by Crippen LogP contribution is -2.49. The van der Waals surface area contributed by atoms with Gasteiger partial charge in [0, 0.05) is 36.4 Å². The second kappa shape index (κ2) is 11.9. The number of aliphatic hydroxyl groups excluding tert-OH is 1. The van der Waals surface area contributed by atoms with Gasteiger partial charge in [-0.25, -0.2) is 4.79 Å². The lowest BCUT2D eigenvalue weighted by molar-refractivity contribution is -0.192. The van der Waals surface area contributed by atoms with E-state index >= 15 is 0 Å². The van der Waals surface area contributed by atoms with E-state index in [2.05, 4.69) is 51.5 Å². The van der Waals surface area contributed by atoms with Gasteiger partial charge in [0.15, 0.2) is 0 Å². The van der Waals surface area contributed by atoms with Crippen LogP contribution in [0.3, 0.4) is 0 Å². The first-order chi connectivity index (χ1) is 16.1. The van der Waals surface area contributed by atoms with Gasteiger partial charge in [0.05, 0.1) is 12.1 Å². The summed E-state index contributed by atoms with van der Waals surface area (Å²) in [5, 5.41) is 22.1. The number of carbonyl (C=O) groups is 1. The van der Waals surface area contributed by atoms with E-state index in [9.17, 15) is 18.3 Å². The molecule has 10 heteroatoms. The van der Waals surface area contributed by atoms with Gasteiger partial charge in [0.1, 0.15) is 0 Å². The molecule has 2 aromatic carbocycles. The van der Waals surface area contributed by atoms with Gasteiger partial charge < -0.3 is 20.4 Å². The number of β-amino-alcohol motifs (C(OH)–C–C–N with tert-alkyl or cyclic N) is 1. The van der Waals surface area contributed by atoms with E-state index in [0.29, 0.717) is 12.6 Å². The molecule has 34 heavy (non-hydrogen) atoms. The van der Waals surface area contributed by atoms with Gasteiger partial charge in [0.2, 0.25) is 0 Å². The van der Waals surface area contributed by atoms with Crippen molar-refractivity contribution >= 4 is 23.3 Å². The number of carboxylic acid groups (broad SMARTS) is 1. The highest BCUT2D eigenvalue weighted by atomic mass is 35.5. The zero-order chi connectivity index (χ0) is 24.7. The van der Waals surface area contributed by atoms with E-state index < -0.39 is 12.1 Å². The molecule has 0 saturated carbocycles. The highest BCUT2D eigenvalue weighted by Crippen LogP contribution is 2.22. The van der Waals surface area contributed by atoms with Gasteiger partial charge in [-0.15, -0.1) is 0 Å². The van der Waals surface area contributed by atoms with E-state index in [1.165, 1.54) is 11.3 Å². The highest BCUT2D eigenvalue weighted by Gasteiger charge is 2.38. The average Bonchev–Trinajstić information content (AvgIpc) is 3.17. The number of aliphatic hydroxyl groups is 1. The Morgan fingerprint density at radius 2 is 1.62 bits per heavy atom. The van der Waals surface area contributed by atoms with E-state index in [0.717, 1.165) is 44.0 Å². The number of nitrogens with zero attached hydrogens (tertiary/aromatic N) is 2. The molecule has 2 atom stereocenters. The smallest absolute Gasteiger partial charge is 0.475 e. The molecule has 2 fully saturated rings. The average molecular weight is 500 g/mol. The molecule has 0 spiro atoms. The molecule has 2 aliphatic rings. The fraction of sp³-hybridized carbons (Fsp3) is 0.458. The van der Waals surface area contributed by atoms with Crippen LogP contribution in [0.1, 0.15) is 18.4 Å².